The maximum absolute atomic E-state index is 6.91. The van der Waals surface area contributed by atoms with Crippen molar-refractivity contribution in [1.82, 2.24) is 9.97 Å². The molecule has 2 heterocycles. The van der Waals surface area contributed by atoms with E-state index in [0.717, 1.165) is 54.1 Å². The summed E-state index contributed by atoms with van der Waals surface area (Å²) < 4.78 is 6.91. The molecule has 0 fully saturated rings. The number of hydrogen-bond acceptors (Lipinski definition) is 3. The van der Waals surface area contributed by atoms with Crippen molar-refractivity contribution in [2.75, 3.05) is 0 Å². The Morgan fingerprint density at radius 3 is 2.09 bits per heavy atom. The first-order chi connectivity index (χ1) is 15.6. The van der Waals surface area contributed by atoms with Crippen molar-refractivity contribution in [3.8, 4) is 17.0 Å². The first kappa shape index (κ1) is 20.4. The molecule has 0 aliphatic carbocycles. The van der Waals surface area contributed by atoms with Crippen LogP contribution in [0.15, 0.2) is 85.1 Å². The van der Waals surface area contributed by atoms with Crippen molar-refractivity contribution in [3.05, 3.63) is 113 Å². The molecule has 3 aromatic carbocycles. The Kier molecular flexibility index (Phi) is 5.48. The molecule has 32 heavy (non-hydrogen) atoms. The maximum atomic E-state index is 6.91. The summed E-state index contributed by atoms with van der Waals surface area (Å²) in [5.41, 5.74) is 7.58. The topological polar surface area (TPSA) is 35.0 Å². The summed E-state index contributed by atoms with van der Waals surface area (Å²) >= 11 is 0. The standard InChI is InChI=1S/C29H28N2O/c1-21-20-30-28(22(2)31-21)26-14-9-15-27-25(26)16-17-29(32-27,18-23-10-5-3-6-11-23)19-24-12-7-4-8-13-24/h3-15,20H,16-19H2,1-2H3. The average Bonchev–Trinajstić information content (AvgIpc) is 2.80. The van der Waals surface area contributed by atoms with E-state index >= 15 is 0 Å². The van der Waals surface area contributed by atoms with E-state index in [1.165, 1.54) is 16.7 Å². The number of ether oxygens (including phenoxy) is 1. The first-order valence-electron chi connectivity index (χ1n) is 11.3. The monoisotopic (exact) mass is 420 g/mol. The molecule has 160 valence electrons. The molecule has 1 aliphatic heterocycles. The van der Waals surface area contributed by atoms with Crippen LogP contribution in [-0.4, -0.2) is 15.6 Å². The van der Waals surface area contributed by atoms with Crippen molar-refractivity contribution < 1.29 is 4.74 Å². The first-order valence-corrected chi connectivity index (χ1v) is 11.3. The second-order valence-corrected chi connectivity index (χ2v) is 8.84. The van der Waals surface area contributed by atoms with Gasteiger partial charge in [0.25, 0.3) is 0 Å². The van der Waals surface area contributed by atoms with Crippen LogP contribution >= 0.6 is 0 Å². The number of hydrogen-bond donors (Lipinski definition) is 0. The second kappa shape index (κ2) is 8.58. The largest absolute Gasteiger partial charge is 0.486 e. The van der Waals surface area contributed by atoms with E-state index in [-0.39, 0.29) is 5.60 Å². The van der Waals surface area contributed by atoms with Gasteiger partial charge in [0, 0.05) is 30.2 Å². The van der Waals surface area contributed by atoms with Gasteiger partial charge in [-0.25, -0.2) is 0 Å². The predicted octanol–water partition coefficient (Wildman–Crippen LogP) is 6.31. The van der Waals surface area contributed by atoms with Crippen LogP contribution in [0.3, 0.4) is 0 Å². The predicted molar refractivity (Wildman–Crippen MR) is 129 cm³/mol. The van der Waals surface area contributed by atoms with Gasteiger partial charge in [0.2, 0.25) is 0 Å². The Bertz CT molecular complexity index is 1180. The SMILES string of the molecule is Cc1cnc(-c2cccc3c2CCC(Cc2ccccc2)(Cc2ccccc2)O3)c(C)n1. The molecule has 1 aromatic heterocycles. The summed E-state index contributed by atoms with van der Waals surface area (Å²) in [6.07, 6.45) is 5.53. The van der Waals surface area contributed by atoms with Crippen LogP contribution in [0.2, 0.25) is 0 Å². The minimum absolute atomic E-state index is 0.275. The van der Waals surface area contributed by atoms with Gasteiger partial charge in [-0.3, -0.25) is 9.97 Å². The highest BCUT2D eigenvalue weighted by Gasteiger charge is 2.37. The Hall–Kier alpha value is -3.46. The fraction of sp³-hybridized carbons (Fsp3) is 0.241. The number of fused-ring (bicyclic) bond motifs is 1. The van der Waals surface area contributed by atoms with E-state index in [1.807, 2.05) is 20.0 Å². The summed E-state index contributed by atoms with van der Waals surface area (Å²) in [5, 5.41) is 0. The van der Waals surface area contributed by atoms with Crippen LogP contribution < -0.4 is 4.74 Å². The molecule has 0 radical (unpaired) electrons. The lowest BCUT2D eigenvalue weighted by atomic mass is 9.80. The molecule has 5 rings (SSSR count). The van der Waals surface area contributed by atoms with Crippen LogP contribution in [0.4, 0.5) is 0 Å². The van der Waals surface area contributed by atoms with Crippen LogP contribution in [0.25, 0.3) is 11.3 Å². The van der Waals surface area contributed by atoms with Crippen LogP contribution in [0, 0.1) is 13.8 Å². The Morgan fingerprint density at radius 2 is 1.47 bits per heavy atom. The quantitative estimate of drug-likeness (QED) is 0.379. The fourth-order valence-electron chi connectivity index (χ4n) is 4.89. The Morgan fingerprint density at radius 1 is 0.812 bits per heavy atom. The van der Waals surface area contributed by atoms with Gasteiger partial charge in [-0.2, -0.15) is 0 Å². The molecule has 1 aliphatic rings. The van der Waals surface area contributed by atoms with Gasteiger partial charge < -0.3 is 4.74 Å². The number of nitrogens with zero attached hydrogens (tertiary/aromatic N) is 2. The van der Waals surface area contributed by atoms with Crippen LogP contribution in [0.5, 0.6) is 5.75 Å². The highest BCUT2D eigenvalue weighted by molar-refractivity contribution is 5.69. The van der Waals surface area contributed by atoms with Crippen molar-refractivity contribution in [2.45, 2.75) is 45.1 Å². The molecule has 0 spiro atoms. The summed E-state index contributed by atoms with van der Waals surface area (Å²) in [5.74, 6) is 0.974. The van der Waals surface area contributed by atoms with Crippen LogP contribution in [-0.2, 0) is 19.3 Å². The number of benzene rings is 3. The van der Waals surface area contributed by atoms with E-state index in [2.05, 4.69) is 83.8 Å². The third-order valence-corrected chi connectivity index (χ3v) is 6.35. The molecule has 3 heteroatoms. The van der Waals surface area contributed by atoms with E-state index in [0.29, 0.717) is 0 Å². The van der Waals surface area contributed by atoms with Gasteiger partial charge in [0.15, 0.2) is 0 Å². The van der Waals surface area contributed by atoms with Crippen molar-refractivity contribution in [2.24, 2.45) is 0 Å². The zero-order chi connectivity index (χ0) is 22.0. The smallest absolute Gasteiger partial charge is 0.124 e. The lowest BCUT2D eigenvalue weighted by Crippen LogP contribution is -2.44. The number of rotatable bonds is 5. The molecule has 0 bridgehead atoms. The summed E-state index contributed by atoms with van der Waals surface area (Å²) in [6, 6.07) is 27.7. The molecular formula is C29H28N2O. The van der Waals surface area contributed by atoms with Crippen molar-refractivity contribution in [1.29, 1.82) is 0 Å². The number of aromatic nitrogens is 2. The van der Waals surface area contributed by atoms with E-state index < -0.39 is 0 Å². The summed E-state index contributed by atoms with van der Waals surface area (Å²) in [6.45, 7) is 4.02. The lowest BCUT2D eigenvalue weighted by molar-refractivity contribution is 0.0466. The third kappa shape index (κ3) is 4.16. The highest BCUT2D eigenvalue weighted by Crippen LogP contribution is 2.41. The van der Waals surface area contributed by atoms with Gasteiger partial charge in [-0.15, -0.1) is 0 Å². The summed E-state index contributed by atoms with van der Waals surface area (Å²) in [7, 11) is 0. The second-order valence-electron chi connectivity index (χ2n) is 8.84. The van der Waals surface area contributed by atoms with E-state index in [4.69, 9.17) is 9.72 Å². The molecule has 3 nitrogen and oxygen atoms in total. The fourth-order valence-corrected chi connectivity index (χ4v) is 4.89. The molecule has 0 atom stereocenters. The zero-order valence-corrected chi connectivity index (χ0v) is 18.7. The lowest BCUT2D eigenvalue weighted by Gasteiger charge is -2.40. The molecule has 0 saturated heterocycles. The van der Waals surface area contributed by atoms with Crippen molar-refractivity contribution >= 4 is 0 Å². The Labute approximate surface area is 190 Å². The molecular weight excluding hydrogens is 392 g/mol. The van der Waals surface area contributed by atoms with Gasteiger partial charge in [-0.1, -0.05) is 72.8 Å². The maximum Gasteiger partial charge on any atom is 0.124 e. The molecule has 0 unspecified atom stereocenters. The molecule has 0 amide bonds. The van der Waals surface area contributed by atoms with Gasteiger partial charge in [0.05, 0.1) is 17.1 Å². The third-order valence-electron chi connectivity index (χ3n) is 6.35. The zero-order valence-electron chi connectivity index (χ0n) is 18.7. The van der Waals surface area contributed by atoms with Gasteiger partial charge in [0.1, 0.15) is 11.4 Å². The summed E-state index contributed by atoms with van der Waals surface area (Å²) in [4.78, 5) is 9.35. The normalized spacial score (nSPS) is 14.4. The highest BCUT2D eigenvalue weighted by atomic mass is 16.5. The number of aryl methyl sites for hydroxylation is 2. The van der Waals surface area contributed by atoms with Gasteiger partial charge in [-0.05, 0) is 43.9 Å². The van der Waals surface area contributed by atoms with Gasteiger partial charge >= 0.3 is 0 Å². The Balaban J connectivity index is 1.53. The van der Waals surface area contributed by atoms with Crippen LogP contribution in [0.1, 0.15) is 34.5 Å². The molecule has 0 saturated carbocycles. The molecule has 0 N–H and O–H groups in total. The van der Waals surface area contributed by atoms with Crippen molar-refractivity contribution in [3.63, 3.8) is 0 Å². The van der Waals surface area contributed by atoms with E-state index in [9.17, 15) is 0 Å². The van der Waals surface area contributed by atoms with E-state index in [1.54, 1.807) is 0 Å². The average molecular weight is 421 g/mol. The molecule has 4 aromatic rings. The minimum atomic E-state index is -0.275. The minimum Gasteiger partial charge on any atom is -0.486 e.